The minimum absolute atomic E-state index is 0.00222. The number of nitrogens with zero attached hydrogens (tertiary/aromatic N) is 4. The van der Waals surface area contributed by atoms with Gasteiger partial charge in [-0.05, 0) is 18.9 Å². The summed E-state index contributed by atoms with van der Waals surface area (Å²) in [7, 11) is 0. The molecular weight excluding hydrogens is 290 g/mol. The third-order valence-corrected chi connectivity index (χ3v) is 3.75. The molecule has 2 heterocycles. The van der Waals surface area contributed by atoms with E-state index < -0.39 is 11.6 Å². The summed E-state index contributed by atoms with van der Waals surface area (Å²) in [5, 5.41) is 4.83. The maximum Gasteiger partial charge on any atom is 0.164 e. The van der Waals surface area contributed by atoms with Crippen molar-refractivity contribution in [3.63, 3.8) is 0 Å². The van der Waals surface area contributed by atoms with Gasteiger partial charge < -0.3 is 11.5 Å². The number of nitrogens with two attached hydrogens (primary N) is 2. The second kappa shape index (κ2) is 4.36. The number of anilines is 2. The summed E-state index contributed by atoms with van der Waals surface area (Å²) in [5.74, 6) is -1.19. The summed E-state index contributed by atoms with van der Waals surface area (Å²) in [6, 6.07) is 2.18. The average Bonchev–Trinajstić information content (AvgIpc) is 3.25. The van der Waals surface area contributed by atoms with Gasteiger partial charge >= 0.3 is 0 Å². The van der Waals surface area contributed by atoms with Gasteiger partial charge in [0.15, 0.2) is 5.65 Å². The van der Waals surface area contributed by atoms with E-state index in [2.05, 4.69) is 15.1 Å². The molecule has 112 valence electrons. The van der Waals surface area contributed by atoms with Crippen LogP contribution in [0, 0.1) is 11.6 Å². The third-order valence-electron chi connectivity index (χ3n) is 3.75. The average molecular weight is 302 g/mol. The molecule has 0 saturated heterocycles. The highest BCUT2D eigenvalue weighted by Crippen LogP contribution is 2.40. The van der Waals surface area contributed by atoms with Gasteiger partial charge in [-0.1, -0.05) is 0 Å². The van der Waals surface area contributed by atoms with Crippen LogP contribution in [-0.4, -0.2) is 19.7 Å². The predicted molar refractivity (Wildman–Crippen MR) is 77.8 cm³/mol. The maximum absolute atomic E-state index is 14.2. The van der Waals surface area contributed by atoms with Crippen molar-refractivity contribution in [2.24, 2.45) is 0 Å². The Kier molecular flexibility index (Phi) is 2.56. The largest absolute Gasteiger partial charge is 0.396 e. The Bertz CT molecular complexity index is 900. The molecule has 0 unspecified atom stereocenters. The second-order valence-electron chi connectivity index (χ2n) is 5.34. The lowest BCUT2D eigenvalue weighted by molar-refractivity contribution is 0.605. The Balaban J connectivity index is 2.05. The Morgan fingerprint density at radius 3 is 2.59 bits per heavy atom. The Hall–Kier alpha value is -2.77. The molecule has 4 rings (SSSR count). The fourth-order valence-corrected chi connectivity index (χ4v) is 2.50. The first-order chi connectivity index (χ1) is 10.6. The summed E-state index contributed by atoms with van der Waals surface area (Å²) in [6.07, 6.45) is 3.28. The van der Waals surface area contributed by atoms with Crippen LogP contribution in [-0.2, 0) is 0 Å². The normalized spacial score (nSPS) is 14.6. The quantitative estimate of drug-likeness (QED) is 0.708. The molecule has 0 radical (unpaired) electrons. The van der Waals surface area contributed by atoms with Gasteiger partial charge in [-0.2, -0.15) is 5.10 Å². The summed E-state index contributed by atoms with van der Waals surface area (Å²) in [6.45, 7) is 0. The zero-order chi connectivity index (χ0) is 15.4. The highest BCUT2D eigenvalue weighted by atomic mass is 19.1. The van der Waals surface area contributed by atoms with Gasteiger partial charge in [-0.3, -0.25) is 0 Å². The molecule has 2 aromatic heterocycles. The molecule has 1 saturated carbocycles. The standard InChI is InChI=1S/C14H12F2N6/c15-8-4-10(17)9(16)3-7(8)12-11-13(18)19-5-20-14(11)22(21-12)6-1-2-6/h3-6H,1-2,17H2,(H2,18,19,20). The Morgan fingerprint density at radius 1 is 1.09 bits per heavy atom. The van der Waals surface area contributed by atoms with E-state index in [4.69, 9.17) is 11.5 Å². The molecule has 1 aliphatic carbocycles. The van der Waals surface area contributed by atoms with Gasteiger partial charge in [0.1, 0.15) is 29.5 Å². The van der Waals surface area contributed by atoms with E-state index in [0.29, 0.717) is 11.0 Å². The molecular formula is C14H12F2N6. The summed E-state index contributed by atoms with van der Waals surface area (Å²) >= 11 is 0. The van der Waals surface area contributed by atoms with Crippen LogP contribution in [0.1, 0.15) is 18.9 Å². The van der Waals surface area contributed by atoms with Gasteiger partial charge in [0.2, 0.25) is 0 Å². The summed E-state index contributed by atoms with van der Waals surface area (Å²) in [5.41, 5.74) is 11.8. The molecule has 1 aliphatic rings. The van der Waals surface area contributed by atoms with Crippen LogP contribution in [0.15, 0.2) is 18.5 Å². The van der Waals surface area contributed by atoms with E-state index in [0.717, 1.165) is 25.0 Å². The Morgan fingerprint density at radius 2 is 1.86 bits per heavy atom. The Labute approximate surface area is 123 Å². The number of halogens is 2. The first-order valence-corrected chi connectivity index (χ1v) is 6.80. The van der Waals surface area contributed by atoms with Crippen molar-refractivity contribution in [3.8, 4) is 11.3 Å². The second-order valence-corrected chi connectivity index (χ2v) is 5.34. The van der Waals surface area contributed by atoms with Crippen LogP contribution < -0.4 is 11.5 Å². The van der Waals surface area contributed by atoms with Crippen molar-refractivity contribution < 1.29 is 8.78 Å². The zero-order valence-corrected chi connectivity index (χ0v) is 11.4. The SMILES string of the molecule is Nc1cc(F)c(-c2nn(C3CC3)c3ncnc(N)c23)cc1F. The van der Waals surface area contributed by atoms with E-state index in [1.54, 1.807) is 4.68 Å². The van der Waals surface area contributed by atoms with Crippen LogP contribution >= 0.6 is 0 Å². The van der Waals surface area contributed by atoms with Gasteiger partial charge in [0.25, 0.3) is 0 Å². The number of nitrogen functional groups attached to an aromatic ring is 2. The predicted octanol–water partition coefficient (Wildman–Crippen LogP) is 2.27. The minimum atomic E-state index is -0.707. The van der Waals surface area contributed by atoms with Crippen LogP contribution in [0.4, 0.5) is 20.3 Å². The van der Waals surface area contributed by atoms with E-state index in [1.807, 2.05) is 0 Å². The monoisotopic (exact) mass is 302 g/mol. The van der Waals surface area contributed by atoms with Crippen LogP contribution in [0.5, 0.6) is 0 Å². The molecule has 1 fully saturated rings. The number of hydrogen-bond donors (Lipinski definition) is 2. The number of benzene rings is 1. The van der Waals surface area contributed by atoms with Gasteiger partial charge in [0, 0.05) is 11.6 Å². The van der Waals surface area contributed by atoms with E-state index in [9.17, 15) is 8.78 Å². The van der Waals surface area contributed by atoms with Gasteiger partial charge in [0.05, 0.1) is 17.1 Å². The fourth-order valence-electron chi connectivity index (χ4n) is 2.50. The van der Waals surface area contributed by atoms with Crippen molar-refractivity contribution in [2.45, 2.75) is 18.9 Å². The third kappa shape index (κ3) is 1.80. The maximum atomic E-state index is 14.2. The minimum Gasteiger partial charge on any atom is -0.396 e. The molecule has 0 bridgehead atoms. The highest BCUT2D eigenvalue weighted by molar-refractivity contribution is 5.98. The molecule has 6 nitrogen and oxygen atoms in total. The summed E-state index contributed by atoms with van der Waals surface area (Å²) < 4.78 is 29.7. The van der Waals surface area contributed by atoms with Crippen LogP contribution in [0.2, 0.25) is 0 Å². The van der Waals surface area contributed by atoms with Crippen molar-refractivity contribution in [2.75, 3.05) is 11.5 Å². The molecule has 0 spiro atoms. The van der Waals surface area contributed by atoms with Crippen molar-refractivity contribution in [1.29, 1.82) is 0 Å². The zero-order valence-electron chi connectivity index (χ0n) is 11.4. The topological polar surface area (TPSA) is 95.6 Å². The number of aromatic nitrogens is 4. The molecule has 0 amide bonds. The highest BCUT2D eigenvalue weighted by Gasteiger charge is 2.30. The number of hydrogen-bond acceptors (Lipinski definition) is 5. The lowest BCUT2D eigenvalue weighted by Crippen LogP contribution is -1.99. The van der Waals surface area contributed by atoms with Crippen molar-refractivity contribution in [3.05, 3.63) is 30.1 Å². The molecule has 8 heteroatoms. The van der Waals surface area contributed by atoms with E-state index >= 15 is 0 Å². The molecule has 4 N–H and O–H groups in total. The van der Waals surface area contributed by atoms with Gasteiger partial charge in [-0.25, -0.2) is 23.4 Å². The first kappa shape index (κ1) is 12.9. The lowest BCUT2D eigenvalue weighted by Gasteiger charge is -2.04. The van der Waals surface area contributed by atoms with Crippen molar-refractivity contribution >= 4 is 22.5 Å². The van der Waals surface area contributed by atoms with E-state index in [-0.39, 0.29) is 28.8 Å². The number of fused-ring (bicyclic) bond motifs is 1. The molecule has 1 aromatic carbocycles. The van der Waals surface area contributed by atoms with E-state index in [1.165, 1.54) is 6.33 Å². The van der Waals surface area contributed by atoms with Crippen molar-refractivity contribution in [1.82, 2.24) is 19.7 Å². The van der Waals surface area contributed by atoms with Gasteiger partial charge in [-0.15, -0.1) is 0 Å². The van der Waals surface area contributed by atoms with Crippen LogP contribution in [0.25, 0.3) is 22.3 Å². The first-order valence-electron chi connectivity index (χ1n) is 6.80. The number of rotatable bonds is 2. The summed E-state index contributed by atoms with van der Waals surface area (Å²) in [4.78, 5) is 8.12. The lowest BCUT2D eigenvalue weighted by atomic mass is 10.1. The smallest absolute Gasteiger partial charge is 0.164 e. The molecule has 0 aliphatic heterocycles. The molecule has 22 heavy (non-hydrogen) atoms. The molecule has 3 aromatic rings. The van der Waals surface area contributed by atoms with Crippen LogP contribution in [0.3, 0.4) is 0 Å². The molecule has 0 atom stereocenters. The fraction of sp³-hybridized carbons (Fsp3) is 0.214.